The second-order valence-electron chi connectivity index (χ2n) is 4.94. The van der Waals surface area contributed by atoms with Gasteiger partial charge in [-0.25, -0.2) is 0 Å². The lowest BCUT2D eigenvalue weighted by atomic mass is 10.0. The Bertz CT molecular complexity index is 468. The van der Waals surface area contributed by atoms with Gasteiger partial charge in [0.05, 0.1) is 11.3 Å². The van der Waals surface area contributed by atoms with Gasteiger partial charge in [-0.2, -0.15) is 13.2 Å². The molecular formula is C14H17F3N2O. The number of para-hydroxylation sites is 1. The second kappa shape index (κ2) is 6.26. The molecule has 0 aromatic heterocycles. The number of carbonyl (C=O) groups is 1. The summed E-state index contributed by atoms with van der Waals surface area (Å²) in [5.74, 6) is -0.388. The largest absolute Gasteiger partial charge is 0.418 e. The van der Waals surface area contributed by atoms with Crippen molar-refractivity contribution in [2.75, 3.05) is 11.9 Å². The van der Waals surface area contributed by atoms with Gasteiger partial charge in [-0.1, -0.05) is 18.6 Å². The maximum atomic E-state index is 12.8. The minimum Gasteiger partial charge on any atom is -0.325 e. The van der Waals surface area contributed by atoms with Gasteiger partial charge in [0.25, 0.3) is 0 Å². The molecule has 1 heterocycles. The lowest BCUT2D eigenvalue weighted by molar-refractivity contribution is -0.137. The predicted octanol–water partition coefficient (Wildman–Crippen LogP) is 3.18. The van der Waals surface area contributed by atoms with Crippen molar-refractivity contribution in [3.63, 3.8) is 0 Å². The first-order valence-corrected chi connectivity index (χ1v) is 6.66. The lowest BCUT2D eigenvalue weighted by Gasteiger charge is -2.23. The summed E-state index contributed by atoms with van der Waals surface area (Å²) in [6.07, 6.45) is -1.26. The number of halogens is 3. The number of amides is 1. The smallest absolute Gasteiger partial charge is 0.325 e. The summed E-state index contributed by atoms with van der Waals surface area (Å²) >= 11 is 0. The molecule has 110 valence electrons. The van der Waals surface area contributed by atoms with Crippen molar-refractivity contribution in [1.82, 2.24) is 5.32 Å². The van der Waals surface area contributed by atoms with E-state index in [-0.39, 0.29) is 24.1 Å². The van der Waals surface area contributed by atoms with E-state index in [1.165, 1.54) is 18.2 Å². The number of hydrogen-bond donors (Lipinski definition) is 2. The van der Waals surface area contributed by atoms with Gasteiger partial charge in [0.15, 0.2) is 0 Å². The molecule has 1 atom stereocenters. The molecule has 1 aromatic rings. The zero-order valence-electron chi connectivity index (χ0n) is 11.0. The van der Waals surface area contributed by atoms with Crippen molar-refractivity contribution >= 4 is 11.6 Å². The third-order valence-corrected chi connectivity index (χ3v) is 3.35. The molecule has 2 rings (SSSR count). The van der Waals surface area contributed by atoms with Crippen LogP contribution in [0.15, 0.2) is 24.3 Å². The van der Waals surface area contributed by atoms with Crippen molar-refractivity contribution in [2.24, 2.45) is 0 Å². The summed E-state index contributed by atoms with van der Waals surface area (Å²) in [7, 11) is 0. The highest BCUT2D eigenvalue weighted by molar-refractivity contribution is 5.92. The van der Waals surface area contributed by atoms with Crippen LogP contribution >= 0.6 is 0 Å². The Labute approximate surface area is 115 Å². The minimum atomic E-state index is -4.47. The van der Waals surface area contributed by atoms with Gasteiger partial charge in [-0.3, -0.25) is 4.79 Å². The lowest BCUT2D eigenvalue weighted by Crippen LogP contribution is -2.37. The van der Waals surface area contributed by atoms with Crippen LogP contribution in [-0.2, 0) is 11.0 Å². The number of hydrogen-bond acceptors (Lipinski definition) is 2. The van der Waals surface area contributed by atoms with Crippen molar-refractivity contribution in [3.05, 3.63) is 29.8 Å². The van der Waals surface area contributed by atoms with Crippen LogP contribution in [0.4, 0.5) is 18.9 Å². The van der Waals surface area contributed by atoms with Gasteiger partial charge in [-0.05, 0) is 31.5 Å². The van der Waals surface area contributed by atoms with E-state index in [1.54, 1.807) is 0 Å². The molecule has 2 N–H and O–H groups in total. The first-order chi connectivity index (χ1) is 9.47. The van der Waals surface area contributed by atoms with Gasteiger partial charge in [-0.15, -0.1) is 0 Å². The highest BCUT2D eigenvalue weighted by atomic mass is 19.4. The molecule has 0 saturated carbocycles. The number of benzene rings is 1. The molecule has 3 nitrogen and oxygen atoms in total. The normalized spacial score (nSPS) is 19.6. The average Bonchev–Trinajstić information content (AvgIpc) is 2.39. The fourth-order valence-corrected chi connectivity index (χ4v) is 2.36. The molecular weight excluding hydrogens is 269 g/mol. The maximum absolute atomic E-state index is 12.8. The third-order valence-electron chi connectivity index (χ3n) is 3.35. The number of nitrogens with one attached hydrogen (secondary N) is 2. The van der Waals surface area contributed by atoms with Gasteiger partial charge in [0, 0.05) is 12.5 Å². The molecule has 1 aromatic carbocycles. The fraction of sp³-hybridized carbons (Fsp3) is 0.500. The molecule has 6 heteroatoms. The Morgan fingerprint density at radius 2 is 2.05 bits per heavy atom. The second-order valence-corrected chi connectivity index (χ2v) is 4.94. The van der Waals surface area contributed by atoms with Gasteiger partial charge in [0.2, 0.25) is 5.91 Å². The predicted molar refractivity (Wildman–Crippen MR) is 70.3 cm³/mol. The summed E-state index contributed by atoms with van der Waals surface area (Å²) in [5.41, 5.74) is -0.995. The molecule has 1 fully saturated rings. The van der Waals surface area contributed by atoms with Crippen LogP contribution in [0.3, 0.4) is 0 Å². The molecule has 0 aliphatic carbocycles. The van der Waals surface area contributed by atoms with E-state index in [1.807, 2.05) is 0 Å². The zero-order valence-corrected chi connectivity index (χ0v) is 11.0. The SMILES string of the molecule is O=C(CC1CCCCN1)Nc1ccccc1C(F)(F)F. The summed E-state index contributed by atoms with van der Waals surface area (Å²) in [6, 6.07) is 5.08. The Morgan fingerprint density at radius 1 is 1.30 bits per heavy atom. The fourth-order valence-electron chi connectivity index (χ4n) is 2.36. The van der Waals surface area contributed by atoms with Crippen molar-refractivity contribution in [3.8, 4) is 0 Å². The monoisotopic (exact) mass is 286 g/mol. The molecule has 1 saturated heterocycles. The van der Waals surface area contributed by atoms with E-state index >= 15 is 0 Å². The Morgan fingerprint density at radius 3 is 2.70 bits per heavy atom. The number of alkyl halides is 3. The summed E-state index contributed by atoms with van der Waals surface area (Å²) in [6.45, 7) is 0.858. The minimum absolute atomic E-state index is 0.0572. The van der Waals surface area contributed by atoms with E-state index < -0.39 is 11.7 Å². The Kier molecular flexibility index (Phi) is 4.65. The Hall–Kier alpha value is -1.56. The number of anilines is 1. The Balaban J connectivity index is 2.00. The molecule has 1 aliphatic rings. The van der Waals surface area contributed by atoms with E-state index in [4.69, 9.17) is 0 Å². The van der Waals surface area contributed by atoms with E-state index in [0.29, 0.717) is 0 Å². The third kappa shape index (κ3) is 3.96. The number of carbonyl (C=O) groups excluding carboxylic acids is 1. The van der Waals surface area contributed by atoms with E-state index in [0.717, 1.165) is 31.9 Å². The maximum Gasteiger partial charge on any atom is 0.418 e. The summed E-state index contributed by atoms with van der Waals surface area (Å²) < 4.78 is 38.4. The van der Waals surface area contributed by atoms with Crippen LogP contribution in [0, 0.1) is 0 Å². The van der Waals surface area contributed by atoms with Crippen LogP contribution in [0.2, 0.25) is 0 Å². The topological polar surface area (TPSA) is 41.1 Å². The quantitative estimate of drug-likeness (QED) is 0.896. The van der Waals surface area contributed by atoms with Crippen molar-refractivity contribution in [1.29, 1.82) is 0 Å². The van der Waals surface area contributed by atoms with Gasteiger partial charge < -0.3 is 10.6 Å². The summed E-state index contributed by atoms with van der Waals surface area (Å²) in [5, 5.41) is 5.56. The highest BCUT2D eigenvalue weighted by Crippen LogP contribution is 2.34. The van der Waals surface area contributed by atoms with Gasteiger partial charge in [0.1, 0.15) is 0 Å². The van der Waals surface area contributed by atoms with Crippen LogP contribution in [0.25, 0.3) is 0 Å². The zero-order chi connectivity index (χ0) is 14.6. The van der Waals surface area contributed by atoms with E-state index in [2.05, 4.69) is 10.6 Å². The highest BCUT2D eigenvalue weighted by Gasteiger charge is 2.33. The molecule has 1 aliphatic heterocycles. The van der Waals surface area contributed by atoms with Crippen LogP contribution in [0.5, 0.6) is 0 Å². The molecule has 0 spiro atoms. The van der Waals surface area contributed by atoms with Crippen LogP contribution in [0.1, 0.15) is 31.2 Å². The molecule has 20 heavy (non-hydrogen) atoms. The standard InChI is InChI=1S/C14H17F3N2O/c15-14(16,17)11-6-1-2-7-12(11)19-13(20)9-10-5-3-4-8-18-10/h1-2,6-7,10,18H,3-5,8-9H2,(H,19,20). The summed E-state index contributed by atoms with van der Waals surface area (Å²) in [4.78, 5) is 11.8. The van der Waals surface area contributed by atoms with Crippen molar-refractivity contribution in [2.45, 2.75) is 37.9 Å². The average molecular weight is 286 g/mol. The molecule has 1 unspecified atom stereocenters. The number of piperidine rings is 1. The van der Waals surface area contributed by atoms with Crippen molar-refractivity contribution < 1.29 is 18.0 Å². The first-order valence-electron chi connectivity index (χ1n) is 6.66. The first kappa shape index (κ1) is 14.8. The number of rotatable bonds is 3. The van der Waals surface area contributed by atoms with Gasteiger partial charge >= 0.3 is 6.18 Å². The molecule has 0 bridgehead atoms. The van der Waals surface area contributed by atoms with Crippen LogP contribution < -0.4 is 10.6 Å². The molecule has 1 amide bonds. The molecule has 0 radical (unpaired) electrons. The van der Waals surface area contributed by atoms with E-state index in [9.17, 15) is 18.0 Å². The van der Waals surface area contributed by atoms with Crippen LogP contribution in [-0.4, -0.2) is 18.5 Å².